The minimum absolute atomic E-state index is 0.120. The van der Waals surface area contributed by atoms with Crippen molar-refractivity contribution in [1.29, 1.82) is 0 Å². The molecule has 0 radical (unpaired) electrons. The van der Waals surface area contributed by atoms with Gasteiger partial charge in [0.05, 0.1) is 7.11 Å². The standard InChI is InChI=1S/C17H27NO2/c1-14(11-15-7-3-4-8-16(15)20-2)18-12-17(13-19)9-5-6-10-17/h3-4,7-8,14,18-19H,5-6,9-13H2,1-2H3. The Kier molecular flexibility index (Phi) is 5.44. The SMILES string of the molecule is COc1ccccc1CC(C)NCC1(CO)CCCC1. The van der Waals surface area contributed by atoms with E-state index in [1.807, 2.05) is 12.1 Å². The Bertz CT molecular complexity index is 413. The smallest absolute Gasteiger partial charge is 0.122 e. The molecule has 0 aliphatic heterocycles. The highest BCUT2D eigenvalue weighted by Crippen LogP contribution is 2.37. The van der Waals surface area contributed by atoms with Crippen molar-refractivity contribution >= 4 is 0 Å². The summed E-state index contributed by atoms with van der Waals surface area (Å²) < 4.78 is 5.40. The van der Waals surface area contributed by atoms with Crippen LogP contribution in [0.1, 0.15) is 38.2 Å². The van der Waals surface area contributed by atoms with Crippen LogP contribution in [0.25, 0.3) is 0 Å². The number of benzene rings is 1. The molecule has 0 amide bonds. The molecule has 1 atom stereocenters. The van der Waals surface area contributed by atoms with Crippen molar-refractivity contribution in [3.05, 3.63) is 29.8 Å². The molecule has 0 aromatic heterocycles. The van der Waals surface area contributed by atoms with Gasteiger partial charge in [0.1, 0.15) is 5.75 Å². The molecule has 3 heteroatoms. The van der Waals surface area contributed by atoms with E-state index in [1.165, 1.54) is 18.4 Å². The lowest BCUT2D eigenvalue weighted by Crippen LogP contribution is -2.40. The van der Waals surface area contributed by atoms with Gasteiger partial charge in [-0.25, -0.2) is 0 Å². The zero-order valence-corrected chi connectivity index (χ0v) is 12.7. The number of aliphatic hydroxyl groups excluding tert-OH is 1. The van der Waals surface area contributed by atoms with Gasteiger partial charge >= 0.3 is 0 Å². The highest BCUT2D eigenvalue weighted by Gasteiger charge is 2.33. The fourth-order valence-electron chi connectivity index (χ4n) is 3.18. The summed E-state index contributed by atoms with van der Waals surface area (Å²) in [5.74, 6) is 0.957. The van der Waals surface area contributed by atoms with Crippen LogP contribution in [0.15, 0.2) is 24.3 Å². The van der Waals surface area contributed by atoms with E-state index in [9.17, 15) is 5.11 Å². The molecule has 1 fully saturated rings. The molecule has 112 valence electrons. The van der Waals surface area contributed by atoms with Gasteiger partial charge in [-0.2, -0.15) is 0 Å². The number of methoxy groups -OCH3 is 1. The first-order chi connectivity index (χ1) is 9.69. The molecule has 1 aromatic carbocycles. The lowest BCUT2D eigenvalue weighted by molar-refractivity contribution is 0.125. The Hall–Kier alpha value is -1.06. The van der Waals surface area contributed by atoms with E-state index in [2.05, 4.69) is 24.4 Å². The van der Waals surface area contributed by atoms with Crippen molar-refractivity contribution in [3.63, 3.8) is 0 Å². The van der Waals surface area contributed by atoms with Gasteiger partial charge in [0.2, 0.25) is 0 Å². The van der Waals surface area contributed by atoms with Gasteiger partial charge in [-0.1, -0.05) is 31.0 Å². The van der Waals surface area contributed by atoms with Gasteiger partial charge in [0.25, 0.3) is 0 Å². The molecule has 1 aliphatic rings. The largest absolute Gasteiger partial charge is 0.496 e. The normalized spacial score (nSPS) is 18.9. The molecular weight excluding hydrogens is 250 g/mol. The predicted octanol–water partition coefficient (Wildman–Crippen LogP) is 2.77. The lowest BCUT2D eigenvalue weighted by Gasteiger charge is -2.29. The Morgan fingerprint density at radius 3 is 2.65 bits per heavy atom. The number of para-hydroxylation sites is 1. The van der Waals surface area contributed by atoms with Crippen LogP contribution in [0.3, 0.4) is 0 Å². The van der Waals surface area contributed by atoms with Gasteiger partial charge < -0.3 is 15.2 Å². The van der Waals surface area contributed by atoms with E-state index < -0.39 is 0 Å². The zero-order chi connectivity index (χ0) is 14.4. The van der Waals surface area contributed by atoms with Crippen molar-refractivity contribution in [2.24, 2.45) is 5.41 Å². The second-order valence-corrected chi connectivity index (χ2v) is 6.16. The molecule has 20 heavy (non-hydrogen) atoms. The number of nitrogens with one attached hydrogen (secondary N) is 1. The molecule has 2 N–H and O–H groups in total. The number of rotatable bonds is 7. The zero-order valence-electron chi connectivity index (χ0n) is 12.7. The van der Waals surface area contributed by atoms with E-state index >= 15 is 0 Å². The molecule has 1 aliphatic carbocycles. The first-order valence-corrected chi connectivity index (χ1v) is 7.65. The third-order valence-corrected chi connectivity index (χ3v) is 4.54. The molecular formula is C17H27NO2. The molecule has 1 unspecified atom stereocenters. The maximum atomic E-state index is 9.64. The first-order valence-electron chi connectivity index (χ1n) is 7.65. The summed E-state index contributed by atoms with van der Waals surface area (Å²) in [7, 11) is 1.72. The van der Waals surface area contributed by atoms with E-state index in [0.29, 0.717) is 12.6 Å². The average molecular weight is 277 g/mol. The summed E-state index contributed by atoms with van der Waals surface area (Å²) in [5, 5.41) is 13.2. The molecule has 0 heterocycles. The summed E-state index contributed by atoms with van der Waals surface area (Å²) in [5.41, 5.74) is 1.36. The van der Waals surface area contributed by atoms with Crippen LogP contribution in [-0.2, 0) is 6.42 Å². The fraction of sp³-hybridized carbons (Fsp3) is 0.647. The summed E-state index contributed by atoms with van der Waals surface area (Å²) in [6, 6.07) is 8.56. The van der Waals surface area contributed by atoms with E-state index in [4.69, 9.17) is 4.74 Å². The van der Waals surface area contributed by atoms with E-state index in [0.717, 1.165) is 31.6 Å². The van der Waals surface area contributed by atoms with E-state index in [-0.39, 0.29) is 5.41 Å². The Morgan fingerprint density at radius 1 is 1.30 bits per heavy atom. The minimum Gasteiger partial charge on any atom is -0.496 e. The second kappa shape index (κ2) is 7.09. The van der Waals surface area contributed by atoms with Crippen LogP contribution < -0.4 is 10.1 Å². The second-order valence-electron chi connectivity index (χ2n) is 6.16. The van der Waals surface area contributed by atoms with Crippen LogP contribution in [0.5, 0.6) is 5.75 Å². The molecule has 0 saturated heterocycles. The molecule has 0 bridgehead atoms. The molecule has 3 nitrogen and oxygen atoms in total. The third-order valence-electron chi connectivity index (χ3n) is 4.54. The van der Waals surface area contributed by atoms with Crippen molar-refractivity contribution < 1.29 is 9.84 Å². The number of aliphatic hydroxyl groups is 1. The molecule has 1 saturated carbocycles. The highest BCUT2D eigenvalue weighted by molar-refractivity contribution is 5.33. The quantitative estimate of drug-likeness (QED) is 0.805. The van der Waals surface area contributed by atoms with Crippen LogP contribution in [0.4, 0.5) is 0 Å². The van der Waals surface area contributed by atoms with Gasteiger partial charge in [-0.05, 0) is 37.8 Å². The van der Waals surface area contributed by atoms with Crippen molar-refractivity contribution in [1.82, 2.24) is 5.32 Å². The number of hydrogen-bond acceptors (Lipinski definition) is 3. The Balaban J connectivity index is 1.87. The molecule has 1 aromatic rings. The predicted molar refractivity (Wildman–Crippen MR) is 82.1 cm³/mol. The summed E-state index contributed by atoms with van der Waals surface area (Å²) in [6.45, 7) is 3.42. The van der Waals surface area contributed by atoms with Crippen molar-refractivity contribution in [3.8, 4) is 5.75 Å². The maximum absolute atomic E-state index is 9.64. The van der Waals surface area contributed by atoms with E-state index in [1.54, 1.807) is 7.11 Å². The fourth-order valence-corrected chi connectivity index (χ4v) is 3.18. The first kappa shape index (κ1) is 15.3. The Morgan fingerprint density at radius 2 is 2.00 bits per heavy atom. The van der Waals surface area contributed by atoms with Gasteiger partial charge in [-0.15, -0.1) is 0 Å². The summed E-state index contributed by atoms with van der Waals surface area (Å²) >= 11 is 0. The van der Waals surface area contributed by atoms with Crippen molar-refractivity contribution in [2.75, 3.05) is 20.3 Å². The van der Waals surface area contributed by atoms with Crippen LogP contribution in [-0.4, -0.2) is 31.4 Å². The maximum Gasteiger partial charge on any atom is 0.122 e. The molecule has 0 spiro atoms. The van der Waals surface area contributed by atoms with Crippen molar-refractivity contribution in [2.45, 2.75) is 45.1 Å². The topological polar surface area (TPSA) is 41.5 Å². The summed E-state index contributed by atoms with van der Waals surface area (Å²) in [6.07, 6.45) is 5.76. The average Bonchev–Trinajstić information content (AvgIpc) is 2.95. The number of hydrogen-bond donors (Lipinski definition) is 2. The van der Waals surface area contributed by atoms with Crippen LogP contribution >= 0.6 is 0 Å². The monoisotopic (exact) mass is 277 g/mol. The highest BCUT2D eigenvalue weighted by atomic mass is 16.5. The van der Waals surface area contributed by atoms with Gasteiger partial charge in [0, 0.05) is 24.6 Å². The minimum atomic E-state index is 0.120. The van der Waals surface area contributed by atoms with Gasteiger partial charge in [-0.3, -0.25) is 0 Å². The van der Waals surface area contributed by atoms with Crippen LogP contribution in [0, 0.1) is 5.41 Å². The van der Waals surface area contributed by atoms with Crippen LogP contribution in [0.2, 0.25) is 0 Å². The summed E-state index contributed by atoms with van der Waals surface area (Å²) in [4.78, 5) is 0. The van der Waals surface area contributed by atoms with Gasteiger partial charge in [0.15, 0.2) is 0 Å². The molecule has 2 rings (SSSR count). The Labute approximate surface area is 122 Å². The lowest BCUT2D eigenvalue weighted by atomic mass is 9.87. The third kappa shape index (κ3) is 3.74. The number of ether oxygens (including phenoxy) is 1.